The number of rotatable bonds is 3. The Kier molecular flexibility index (Phi) is 3.74. The minimum atomic E-state index is 0.562. The highest BCUT2D eigenvalue weighted by Crippen LogP contribution is 2.23. The highest BCUT2D eigenvalue weighted by atomic mass is 16.1. The zero-order chi connectivity index (χ0) is 15.5. The van der Waals surface area contributed by atoms with Crippen LogP contribution in [0.15, 0.2) is 48.8 Å². The molecule has 0 aliphatic carbocycles. The molecule has 0 saturated heterocycles. The van der Waals surface area contributed by atoms with Gasteiger partial charge >= 0.3 is 0 Å². The molecule has 0 unspecified atom stereocenters. The fourth-order valence-electron chi connectivity index (χ4n) is 2.23. The monoisotopic (exact) mass is 289 g/mol. The molecule has 0 aromatic carbocycles. The first-order chi connectivity index (χ1) is 10.7. The van der Waals surface area contributed by atoms with Crippen molar-refractivity contribution in [3.63, 3.8) is 0 Å². The van der Waals surface area contributed by atoms with Crippen molar-refractivity contribution in [3.8, 4) is 22.8 Å². The van der Waals surface area contributed by atoms with Gasteiger partial charge in [0.2, 0.25) is 0 Å². The van der Waals surface area contributed by atoms with Gasteiger partial charge in [0.15, 0.2) is 0 Å². The molecular weight excluding hydrogens is 274 g/mol. The van der Waals surface area contributed by atoms with Crippen LogP contribution in [-0.2, 0) is 0 Å². The van der Waals surface area contributed by atoms with E-state index in [2.05, 4.69) is 15.0 Å². The van der Waals surface area contributed by atoms with Crippen LogP contribution in [-0.4, -0.2) is 21.2 Å². The Morgan fingerprint density at radius 3 is 1.68 bits per heavy atom. The molecule has 22 heavy (non-hydrogen) atoms. The van der Waals surface area contributed by atoms with Gasteiger partial charge in [-0.05, 0) is 61.4 Å². The van der Waals surface area contributed by atoms with Crippen LogP contribution in [0.1, 0.15) is 21.5 Å². The summed E-state index contributed by atoms with van der Waals surface area (Å²) in [6.07, 6.45) is 4.30. The van der Waals surface area contributed by atoms with Gasteiger partial charge in [-0.2, -0.15) is 0 Å². The maximum absolute atomic E-state index is 11.2. The standard InChI is InChI=1S/C18H15N3O/c1-12-3-5-19-15(7-12)17-9-14(11-22)10-18(21-17)16-8-13(2)4-6-20-16/h3-11H,1-2H3. The Morgan fingerprint density at radius 1 is 0.773 bits per heavy atom. The van der Waals surface area contributed by atoms with Crippen LogP contribution in [0.4, 0.5) is 0 Å². The molecule has 0 amide bonds. The Balaban J connectivity index is 2.16. The van der Waals surface area contributed by atoms with E-state index in [1.165, 1.54) is 0 Å². The minimum Gasteiger partial charge on any atom is -0.298 e. The second-order valence-electron chi connectivity index (χ2n) is 5.23. The quantitative estimate of drug-likeness (QED) is 0.691. The first kappa shape index (κ1) is 14.1. The van der Waals surface area contributed by atoms with Crippen LogP contribution in [0.25, 0.3) is 22.8 Å². The van der Waals surface area contributed by atoms with Crippen LogP contribution < -0.4 is 0 Å². The molecule has 4 nitrogen and oxygen atoms in total. The molecule has 0 aliphatic rings. The average Bonchev–Trinajstić information content (AvgIpc) is 2.54. The SMILES string of the molecule is Cc1ccnc(-c2cc(C=O)cc(-c3cc(C)ccn3)n2)c1. The van der Waals surface area contributed by atoms with E-state index in [0.29, 0.717) is 17.0 Å². The molecule has 0 saturated carbocycles. The molecule has 0 bridgehead atoms. The number of hydrogen-bond donors (Lipinski definition) is 0. The lowest BCUT2D eigenvalue weighted by Crippen LogP contribution is -1.95. The predicted molar refractivity (Wildman–Crippen MR) is 85.6 cm³/mol. The third kappa shape index (κ3) is 2.91. The number of nitrogens with zero attached hydrogens (tertiary/aromatic N) is 3. The van der Waals surface area contributed by atoms with Gasteiger partial charge in [0.1, 0.15) is 6.29 Å². The maximum atomic E-state index is 11.2. The van der Waals surface area contributed by atoms with E-state index in [9.17, 15) is 4.79 Å². The molecule has 0 N–H and O–H groups in total. The molecule has 3 heterocycles. The highest BCUT2D eigenvalue weighted by molar-refractivity contribution is 5.80. The van der Waals surface area contributed by atoms with Gasteiger partial charge in [-0.3, -0.25) is 14.8 Å². The third-order valence-corrected chi connectivity index (χ3v) is 3.34. The molecule has 0 spiro atoms. The number of aldehydes is 1. The van der Waals surface area contributed by atoms with Crippen LogP contribution in [0.3, 0.4) is 0 Å². The van der Waals surface area contributed by atoms with Gasteiger partial charge in [0.25, 0.3) is 0 Å². The summed E-state index contributed by atoms with van der Waals surface area (Å²) in [6, 6.07) is 11.2. The molecule has 0 aliphatic heterocycles. The molecule has 4 heteroatoms. The first-order valence-corrected chi connectivity index (χ1v) is 6.99. The van der Waals surface area contributed by atoms with E-state index >= 15 is 0 Å². The Hall–Kier alpha value is -2.88. The summed E-state index contributed by atoms with van der Waals surface area (Å²) in [6.45, 7) is 4.00. The van der Waals surface area contributed by atoms with Gasteiger partial charge in [-0.15, -0.1) is 0 Å². The molecular formula is C18H15N3O. The van der Waals surface area contributed by atoms with Crippen molar-refractivity contribution in [2.45, 2.75) is 13.8 Å². The molecule has 0 fully saturated rings. The summed E-state index contributed by atoms with van der Waals surface area (Å²) >= 11 is 0. The van der Waals surface area contributed by atoms with Crippen LogP contribution in [0.5, 0.6) is 0 Å². The Bertz CT molecular complexity index is 779. The average molecular weight is 289 g/mol. The molecule has 108 valence electrons. The number of aromatic nitrogens is 3. The normalized spacial score (nSPS) is 10.5. The van der Waals surface area contributed by atoms with Crippen molar-refractivity contribution in [2.24, 2.45) is 0 Å². The lowest BCUT2D eigenvalue weighted by molar-refractivity contribution is 0.112. The number of aryl methyl sites for hydroxylation is 2. The number of carbonyl (C=O) groups is 1. The summed E-state index contributed by atoms with van der Waals surface area (Å²) in [5.41, 5.74) is 5.59. The summed E-state index contributed by atoms with van der Waals surface area (Å²) in [4.78, 5) is 24.5. The molecule has 3 aromatic heterocycles. The minimum absolute atomic E-state index is 0.562. The summed E-state index contributed by atoms with van der Waals surface area (Å²) in [5.74, 6) is 0. The van der Waals surface area contributed by atoms with Crippen LogP contribution >= 0.6 is 0 Å². The number of carbonyl (C=O) groups excluding carboxylic acids is 1. The fourth-order valence-corrected chi connectivity index (χ4v) is 2.23. The van der Waals surface area contributed by atoms with Crippen molar-refractivity contribution in [1.82, 2.24) is 15.0 Å². The Labute approximate surface area is 128 Å². The Morgan fingerprint density at radius 2 is 1.27 bits per heavy atom. The van der Waals surface area contributed by atoms with Crippen molar-refractivity contribution in [3.05, 3.63) is 65.5 Å². The van der Waals surface area contributed by atoms with Crippen molar-refractivity contribution >= 4 is 6.29 Å². The van der Waals surface area contributed by atoms with Crippen molar-refractivity contribution in [1.29, 1.82) is 0 Å². The van der Waals surface area contributed by atoms with E-state index < -0.39 is 0 Å². The lowest BCUT2D eigenvalue weighted by Gasteiger charge is -2.07. The van der Waals surface area contributed by atoms with Crippen molar-refractivity contribution < 1.29 is 4.79 Å². The van der Waals surface area contributed by atoms with Crippen LogP contribution in [0.2, 0.25) is 0 Å². The molecule has 3 aromatic rings. The largest absolute Gasteiger partial charge is 0.298 e. The molecule has 0 atom stereocenters. The van der Waals surface area contributed by atoms with E-state index in [1.54, 1.807) is 24.5 Å². The van der Waals surface area contributed by atoms with E-state index in [1.807, 2.05) is 38.1 Å². The second kappa shape index (κ2) is 5.85. The lowest BCUT2D eigenvalue weighted by atomic mass is 10.1. The summed E-state index contributed by atoms with van der Waals surface area (Å²) < 4.78 is 0. The zero-order valence-electron chi connectivity index (χ0n) is 12.4. The number of pyridine rings is 3. The van der Waals surface area contributed by atoms with E-state index in [4.69, 9.17) is 0 Å². The predicted octanol–water partition coefficient (Wildman–Crippen LogP) is 3.63. The van der Waals surface area contributed by atoms with Crippen molar-refractivity contribution in [2.75, 3.05) is 0 Å². The highest BCUT2D eigenvalue weighted by Gasteiger charge is 2.09. The van der Waals surface area contributed by atoms with Gasteiger partial charge in [-0.1, -0.05) is 0 Å². The van der Waals surface area contributed by atoms with E-state index in [0.717, 1.165) is 28.8 Å². The first-order valence-electron chi connectivity index (χ1n) is 6.99. The summed E-state index contributed by atoms with van der Waals surface area (Å²) in [7, 11) is 0. The van der Waals surface area contributed by atoms with Gasteiger partial charge in [0.05, 0.1) is 22.8 Å². The zero-order valence-corrected chi connectivity index (χ0v) is 12.4. The topological polar surface area (TPSA) is 55.7 Å². The summed E-state index contributed by atoms with van der Waals surface area (Å²) in [5, 5.41) is 0. The van der Waals surface area contributed by atoms with Gasteiger partial charge < -0.3 is 0 Å². The smallest absolute Gasteiger partial charge is 0.150 e. The fraction of sp³-hybridized carbons (Fsp3) is 0.111. The molecule has 3 rings (SSSR count). The third-order valence-electron chi connectivity index (χ3n) is 3.34. The van der Waals surface area contributed by atoms with Crippen LogP contribution in [0, 0.1) is 13.8 Å². The van der Waals surface area contributed by atoms with E-state index in [-0.39, 0.29) is 0 Å². The maximum Gasteiger partial charge on any atom is 0.150 e. The second-order valence-corrected chi connectivity index (χ2v) is 5.23. The van der Waals surface area contributed by atoms with Gasteiger partial charge in [-0.25, -0.2) is 4.98 Å². The van der Waals surface area contributed by atoms with Gasteiger partial charge in [0, 0.05) is 18.0 Å². The number of hydrogen-bond acceptors (Lipinski definition) is 4. The molecule has 0 radical (unpaired) electrons.